The monoisotopic (exact) mass is 242 g/mol. The normalized spacial score (nSPS) is 25.2. The van der Waals surface area contributed by atoms with Crippen LogP contribution in [0.3, 0.4) is 0 Å². The van der Waals surface area contributed by atoms with Crippen LogP contribution in [0.2, 0.25) is 5.02 Å². The number of fused-ring (bicyclic) bond motifs is 1. The van der Waals surface area contributed by atoms with E-state index in [1.165, 1.54) is 4.90 Å². The molecule has 4 heteroatoms. The first-order valence-electron chi connectivity index (χ1n) is 5.03. The van der Waals surface area contributed by atoms with Gasteiger partial charge in [0.15, 0.2) is 0 Å². The second kappa shape index (κ2) is 4.24. The highest BCUT2D eigenvalue weighted by molar-refractivity contribution is 8.00. The molecule has 1 heterocycles. The lowest BCUT2D eigenvalue weighted by Gasteiger charge is -2.39. The lowest BCUT2D eigenvalue weighted by molar-refractivity contribution is 0.636. The standard InChI is InChI=1S/C11H15ClN2S/c1-7-10(6-13)15-9-5-3-4-8(12)11(9)14(7)2/h3-5,7,10H,6,13H2,1-2H3. The highest BCUT2D eigenvalue weighted by Gasteiger charge is 2.30. The van der Waals surface area contributed by atoms with Crippen molar-refractivity contribution in [1.82, 2.24) is 0 Å². The summed E-state index contributed by atoms with van der Waals surface area (Å²) in [6.07, 6.45) is 0. The zero-order valence-corrected chi connectivity index (χ0v) is 10.5. The average Bonchev–Trinajstić information content (AvgIpc) is 2.23. The molecule has 0 amide bonds. The Kier molecular flexibility index (Phi) is 3.14. The Balaban J connectivity index is 2.45. The molecule has 0 fully saturated rings. The predicted molar refractivity (Wildman–Crippen MR) is 68.0 cm³/mol. The molecule has 1 aromatic carbocycles. The molecule has 0 radical (unpaired) electrons. The van der Waals surface area contributed by atoms with E-state index in [2.05, 4.69) is 24.9 Å². The fourth-order valence-corrected chi connectivity index (χ4v) is 3.58. The van der Waals surface area contributed by atoms with Gasteiger partial charge in [0.2, 0.25) is 0 Å². The average molecular weight is 243 g/mol. The van der Waals surface area contributed by atoms with Crippen LogP contribution in [-0.2, 0) is 0 Å². The number of halogens is 1. The first-order valence-corrected chi connectivity index (χ1v) is 6.29. The maximum atomic E-state index is 6.21. The van der Waals surface area contributed by atoms with Crippen molar-refractivity contribution in [1.29, 1.82) is 0 Å². The van der Waals surface area contributed by atoms with Crippen LogP contribution in [0, 0.1) is 0 Å². The molecule has 15 heavy (non-hydrogen) atoms. The molecule has 2 unspecified atom stereocenters. The van der Waals surface area contributed by atoms with Gasteiger partial charge in [0.1, 0.15) is 0 Å². The number of anilines is 1. The summed E-state index contributed by atoms with van der Waals surface area (Å²) in [6, 6.07) is 6.46. The summed E-state index contributed by atoms with van der Waals surface area (Å²) in [5, 5.41) is 1.27. The van der Waals surface area contributed by atoms with Crippen molar-refractivity contribution in [2.45, 2.75) is 23.1 Å². The highest BCUT2D eigenvalue weighted by atomic mass is 35.5. The second-order valence-electron chi connectivity index (χ2n) is 3.83. The van der Waals surface area contributed by atoms with Gasteiger partial charge in [-0.3, -0.25) is 0 Å². The number of hydrogen-bond acceptors (Lipinski definition) is 3. The van der Waals surface area contributed by atoms with Crippen molar-refractivity contribution >= 4 is 29.1 Å². The van der Waals surface area contributed by atoms with Gasteiger partial charge < -0.3 is 10.6 Å². The summed E-state index contributed by atoms with van der Waals surface area (Å²) >= 11 is 8.04. The third kappa shape index (κ3) is 1.84. The first kappa shape index (κ1) is 11.1. The van der Waals surface area contributed by atoms with Gasteiger partial charge in [-0.2, -0.15) is 0 Å². The largest absolute Gasteiger partial charge is 0.369 e. The maximum absolute atomic E-state index is 6.21. The number of nitrogens with two attached hydrogens (primary N) is 1. The number of para-hydroxylation sites is 1. The van der Waals surface area contributed by atoms with Crippen LogP contribution in [0.1, 0.15) is 6.92 Å². The molecule has 1 aliphatic rings. The van der Waals surface area contributed by atoms with Gasteiger partial charge in [0, 0.05) is 29.8 Å². The van der Waals surface area contributed by atoms with Gasteiger partial charge in [-0.25, -0.2) is 0 Å². The number of benzene rings is 1. The fraction of sp³-hybridized carbons (Fsp3) is 0.455. The van der Waals surface area contributed by atoms with E-state index in [-0.39, 0.29) is 0 Å². The van der Waals surface area contributed by atoms with Crippen molar-refractivity contribution in [3.8, 4) is 0 Å². The Morgan fingerprint density at radius 2 is 2.27 bits per heavy atom. The molecule has 2 nitrogen and oxygen atoms in total. The van der Waals surface area contributed by atoms with Crippen LogP contribution in [0.25, 0.3) is 0 Å². The lowest BCUT2D eigenvalue weighted by atomic mass is 10.1. The molecule has 0 bridgehead atoms. The topological polar surface area (TPSA) is 29.3 Å². The molecular weight excluding hydrogens is 228 g/mol. The fourth-order valence-electron chi connectivity index (χ4n) is 1.89. The molecular formula is C11H15ClN2S. The molecule has 2 atom stereocenters. The van der Waals surface area contributed by atoms with Gasteiger partial charge in [-0.15, -0.1) is 11.8 Å². The van der Waals surface area contributed by atoms with E-state index in [0.29, 0.717) is 17.8 Å². The van der Waals surface area contributed by atoms with Crippen LogP contribution in [0.4, 0.5) is 5.69 Å². The van der Waals surface area contributed by atoms with Crippen LogP contribution in [0.5, 0.6) is 0 Å². The second-order valence-corrected chi connectivity index (χ2v) is 5.52. The Hall–Kier alpha value is -0.380. The number of rotatable bonds is 1. The Labute approximate surface area is 99.8 Å². The van der Waals surface area contributed by atoms with Gasteiger partial charge in [-0.1, -0.05) is 17.7 Å². The molecule has 0 saturated heterocycles. The summed E-state index contributed by atoms with van der Waals surface area (Å²) in [5.41, 5.74) is 6.91. The van der Waals surface area contributed by atoms with E-state index in [4.69, 9.17) is 17.3 Å². The van der Waals surface area contributed by atoms with E-state index < -0.39 is 0 Å². The number of hydrogen-bond donors (Lipinski definition) is 1. The van der Waals surface area contributed by atoms with E-state index in [1.54, 1.807) is 0 Å². The third-order valence-electron chi connectivity index (χ3n) is 2.96. The van der Waals surface area contributed by atoms with Crippen LogP contribution in [-0.4, -0.2) is 24.9 Å². The first-order chi connectivity index (χ1) is 7.15. The van der Waals surface area contributed by atoms with Gasteiger partial charge >= 0.3 is 0 Å². The van der Waals surface area contributed by atoms with Crippen LogP contribution in [0.15, 0.2) is 23.1 Å². The minimum absolute atomic E-state index is 0.424. The molecule has 0 spiro atoms. The maximum Gasteiger partial charge on any atom is 0.0694 e. The van der Waals surface area contributed by atoms with E-state index in [9.17, 15) is 0 Å². The van der Waals surface area contributed by atoms with Gasteiger partial charge in [-0.05, 0) is 19.1 Å². The molecule has 2 N–H and O–H groups in total. The van der Waals surface area contributed by atoms with Crippen LogP contribution < -0.4 is 10.6 Å². The highest BCUT2D eigenvalue weighted by Crippen LogP contribution is 2.44. The van der Waals surface area contributed by atoms with E-state index in [1.807, 2.05) is 23.9 Å². The smallest absolute Gasteiger partial charge is 0.0694 e. The quantitative estimate of drug-likeness (QED) is 0.821. The number of thioether (sulfide) groups is 1. The van der Waals surface area contributed by atoms with Gasteiger partial charge in [0.25, 0.3) is 0 Å². The minimum atomic E-state index is 0.424. The van der Waals surface area contributed by atoms with E-state index in [0.717, 1.165) is 10.7 Å². The van der Waals surface area contributed by atoms with Crippen molar-refractivity contribution < 1.29 is 0 Å². The van der Waals surface area contributed by atoms with Crippen molar-refractivity contribution in [3.05, 3.63) is 23.2 Å². The molecule has 1 aliphatic heterocycles. The molecule has 0 aromatic heterocycles. The number of nitrogens with zero attached hydrogens (tertiary/aromatic N) is 1. The van der Waals surface area contributed by atoms with E-state index >= 15 is 0 Å². The lowest BCUT2D eigenvalue weighted by Crippen LogP contribution is -2.44. The summed E-state index contributed by atoms with van der Waals surface area (Å²) in [6.45, 7) is 2.89. The van der Waals surface area contributed by atoms with Crippen LogP contribution >= 0.6 is 23.4 Å². The molecule has 82 valence electrons. The van der Waals surface area contributed by atoms with Crippen molar-refractivity contribution in [3.63, 3.8) is 0 Å². The summed E-state index contributed by atoms with van der Waals surface area (Å²) in [7, 11) is 2.08. The molecule has 0 aliphatic carbocycles. The van der Waals surface area contributed by atoms with Gasteiger partial charge in [0.05, 0.1) is 10.7 Å². The zero-order valence-electron chi connectivity index (χ0n) is 8.90. The van der Waals surface area contributed by atoms with Crippen molar-refractivity contribution in [2.24, 2.45) is 5.73 Å². The zero-order chi connectivity index (χ0) is 11.0. The Bertz CT molecular complexity index is 370. The third-order valence-corrected chi connectivity index (χ3v) is 4.74. The minimum Gasteiger partial charge on any atom is -0.369 e. The summed E-state index contributed by atoms with van der Waals surface area (Å²) < 4.78 is 0. The predicted octanol–water partition coefficient (Wildman–Crippen LogP) is 2.60. The summed E-state index contributed by atoms with van der Waals surface area (Å²) in [5.74, 6) is 0. The Morgan fingerprint density at radius 3 is 2.93 bits per heavy atom. The molecule has 0 saturated carbocycles. The molecule has 2 rings (SSSR count). The molecule has 1 aromatic rings. The van der Waals surface area contributed by atoms with Crippen molar-refractivity contribution in [2.75, 3.05) is 18.5 Å². The summed E-state index contributed by atoms with van der Waals surface area (Å²) in [4.78, 5) is 3.46. The Morgan fingerprint density at radius 1 is 1.53 bits per heavy atom. The SMILES string of the molecule is CC1C(CN)Sc2cccc(Cl)c2N1C.